The second-order valence-corrected chi connectivity index (χ2v) is 6.03. The van der Waals surface area contributed by atoms with Crippen LogP contribution in [0, 0.1) is 0 Å². The van der Waals surface area contributed by atoms with Crippen molar-refractivity contribution in [2.75, 3.05) is 26.7 Å². The van der Waals surface area contributed by atoms with Crippen LogP contribution in [0.25, 0.3) is 0 Å². The van der Waals surface area contributed by atoms with Gasteiger partial charge in [-0.25, -0.2) is 0 Å². The van der Waals surface area contributed by atoms with Gasteiger partial charge in [-0.15, -0.1) is 0 Å². The summed E-state index contributed by atoms with van der Waals surface area (Å²) in [4.78, 5) is 13.4. The van der Waals surface area contributed by atoms with E-state index >= 15 is 0 Å². The first kappa shape index (κ1) is 17.4. The van der Waals surface area contributed by atoms with E-state index in [0.29, 0.717) is 13.2 Å². The monoisotopic (exact) mass is 260 g/mol. The predicted molar refractivity (Wildman–Crippen MR) is 72.5 cm³/mol. The number of hydrogen-bond acceptors (Lipinski definition) is 4. The molecule has 1 atom stereocenters. The average molecular weight is 260 g/mol. The van der Waals surface area contributed by atoms with Crippen LogP contribution in [0.4, 0.5) is 0 Å². The fraction of sp³-hybridized carbons (Fsp3) is 0.923. The maximum absolute atomic E-state index is 11.7. The Morgan fingerprint density at radius 3 is 2.39 bits per heavy atom. The molecule has 0 rings (SSSR count). The lowest BCUT2D eigenvalue weighted by Crippen LogP contribution is -2.46. The van der Waals surface area contributed by atoms with Gasteiger partial charge in [-0.05, 0) is 41.7 Å². The number of hydrogen-bond donors (Lipinski definition) is 2. The van der Waals surface area contributed by atoms with Crippen LogP contribution in [0.15, 0.2) is 0 Å². The lowest BCUT2D eigenvalue weighted by atomic mass is 10.1. The Kier molecular flexibility index (Phi) is 7.43. The maximum atomic E-state index is 11.7. The van der Waals surface area contributed by atoms with Crippen molar-refractivity contribution >= 4 is 5.91 Å². The Morgan fingerprint density at radius 1 is 1.39 bits per heavy atom. The minimum atomic E-state index is -0.570. The molecule has 0 saturated heterocycles. The number of carbonyl (C=O) groups is 1. The molecule has 0 unspecified atom stereocenters. The van der Waals surface area contributed by atoms with Gasteiger partial charge in [0.2, 0.25) is 5.91 Å². The van der Waals surface area contributed by atoms with Crippen LogP contribution in [0.1, 0.15) is 34.6 Å². The number of aliphatic hydroxyl groups excluding tert-OH is 1. The molecular weight excluding hydrogens is 232 g/mol. The number of ether oxygens (including phenoxy) is 1. The van der Waals surface area contributed by atoms with E-state index in [1.165, 1.54) is 0 Å². The summed E-state index contributed by atoms with van der Waals surface area (Å²) in [5.74, 6) is -0.0398. The largest absolute Gasteiger partial charge is 0.389 e. The zero-order valence-electron chi connectivity index (χ0n) is 12.5. The van der Waals surface area contributed by atoms with Gasteiger partial charge in [-0.1, -0.05) is 0 Å². The van der Waals surface area contributed by atoms with Crippen LogP contribution >= 0.6 is 0 Å². The fourth-order valence-corrected chi connectivity index (χ4v) is 1.48. The first-order valence-corrected chi connectivity index (χ1v) is 6.39. The summed E-state index contributed by atoms with van der Waals surface area (Å²) < 4.78 is 5.31. The van der Waals surface area contributed by atoms with E-state index in [2.05, 4.69) is 5.32 Å². The summed E-state index contributed by atoms with van der Waals surface area (Å²) in [6.45, 7) is 10.7. The summed E-state index contributed by atoms with van der Waals surface area (Å²) >= 11 is 0. The molecule has 0 aromatic heterocycles. The Morgan fingerprint density at radius 2 is 1.94 bits per heavy atom. The molecular formula is C13H28N2O3. The highest BCUT2D eigenvalue weighted by Gasteiger charge is 2.16. The number of aliphatic hydroxyl groups is 1. The predicted octanol–water partition coefficient (Wildman–Crippen LogP) is 0.619. The van der Waals surface area contributed by atoms with E-state index in [-0.39, 0.29) is 24.1 Å². The molecule has 0 bridgehead atoms. The lowest BCUT2D eigenvalue weighted by molar-refractivity contribution is -0.123. The van der Waals surface area contributed by atoms with Gasteiger partial charge in [0, 0.05) is 12.1 Å². The zero-order chi connectivity index (χ0) is 14.3. The van der Waals surface area contributed by atoms with Crippen molar-refractivity contribution < 1.29 is 14.6 Å². The van der Waals surface area contributed by atoms with Crippen molar-refractivity contribution in [2.45, 2.75) is 52.4 Å². The smallest absolute Gasteiger partial charge is 0.234 e. The molecule has 108 valence electrons. The van der Waals surface area contributed by atoms with Crippen molar-refractivity contribution in [3.05, 3.63) is 0 Å². The third-order valence-corrected chi connectivity index (χ3v) is 2.07. The Hall–Kier alpha value is -0.650. The number of carbonyl (C=O) groups excluding carboxylic acids is 1. The summed E-state index contributed by atoms with van der Waals surface area (Å²) in [7, 11) is 1.81. The summed E-state index contributed by atoms with van der Waals surface area (Å²) in [6.07, 6.45) is -0.464. The van der Waals surface area contributed by atoms with Crippen molar-refractivity contribution in [2.24, 2.45) is 0 Å². The molecule has 0 aromatic carbocycles. The molecule has 0 aliphatic heterocycles. The van der Waals surface area contributed by atoms with Gasteiger partial charge in [0.25, 0.3) is 0 Å². The number of amides is 1. The second-order valence-electron chi connectivity index (χ2n) is 6.03. The molecule has 5 heteroatoms. The summed E-state index contributed by atoms with van der Waals surface area (Å²) in [6, 6.07) is 0. The molecule has 0 aliphatic rings. The number of nitrogens with zero attached hydrogens (tertiary/aromatic N) is 1. The van der Waals surface area contributed by atoms with Crippen LogP contribution in [0.3, 0.4) is 0 Å². The first-order chi connectivity index (χ1) is 8.10. The van der Waals surface area contributed by atoms with Gasteiger partial charge in [0.1, 0.15) is 0 Å². The molecule has 2 N–H and O–H groups in total. The molecule has 18 heavy (non-hydrogen) atoms. The highest BCUT2D eigenvalue weighted by Crippen LogP contribution is 1.99. The molecule has 0 radical (unpaired) electrons. The quantitative estimate of drug-likeness (QED) is 0.704. The molecule has 0 spiro atoms. The zero-order valence-corrected chi connectivity index (χ0v) is 12.5. The lowest BCUT2D eigenvalue weighted by Gasteiger charge is -2.24. The SMILES string of the molecule is CC(C)OC[C@H](O)CN(C)CC(=O)NC(C)(C)C. The number of nitrogens with one attached hydrogen (secondary N) is 1. The first-order valence-electron chi connectivity index (χ1n) is 6.39. The van der Waals surface area contributed by atoms with E-state index in [1.807, 2.05) is 34.6 Å². The number of rotatable bonds is 7. The van der Waals surface area contributed by atoms with Gasteiger partial charge in [-0.2, -0.15) is 0 Å². The van der Waals surface area contributed by atoms with Gasteiger partial charge >= 0.3 is 0 Å². The van der Waals surface area contributed by atoms with Crippen LogP contribution in [0.5, 0.6) is 0 Å². The molecule has 0 heterocycles. The maximum Gasteiger partial charge on any atom is 0.234 e. The van der Waals surface area contributed by atoms with E-state index in [1.54, 1.807) is 11.9 Å². The molecule has 0 aromatic rings. The average Bonchev–Trinajstić information content (AvgIpc) is 2.10. The number of likely N-dealkylation sites (N-methyl/N-ethyl adjacent to an activating group) is 1. The van der Waals surface area contributed by atoms with Gasteiger partial charge in [0.05, 0.1) is 25.4 Å². The Bertz CT molecular complexity index is 249. The molecule has 5 nitrogen and oxygen atoms in total. The van der Waals surface area contributed by atoms with E-state index < -0.39 is 6.10 Å². The van der Waals surface area contributed by atoms with Gasteiger partial charge in [0.15, 0.2) is 0 Å². The third-order valence-electron chi connectivity index (χ3n) is 2.07. The summed E-state index contributed by atoms with van der Waals surface area (Å²) in [5.41, 5.74) is -0.225. The normalized spacial score (nSPS) is 14.1. The highest BCUT2D eigenvalue weighted by atomic mass is 16.5. The van der Waals surface area contributed by atoms with Crippen molar-refractivity contribution in [1.29, 1.82) is 0 Å². The van der Waals surface area contributed by atoms with Gasteiger partial charge in [-0.3, -0.25) is 9.69 Å². The Balaban J connectivity index is 3.89. The van der Waals surface area contributed by atoms with Crippen molar-refractivity contribution in [3.63, 3.8) is 0 Å². The standard InChI is InChI=1S/C13H28N2O3/c1-10(2)18-9-11(16)7-15(6)8-12(17)14-13(3,4)5/h10-11,16H,7-9H2,1-6H3,(H,14,17)/t11-/m1/s1. The third kappa shape index (κ3) is 10.5. The highest BCUT2D eigenvalue weighted by molar-refractivity contribution is 5.78. The minimum Gasteiger partial charge on any atom is -0.389 e. The van der Waals surface area contributed by atoms with Gasteiger partial charge < -0.3 is 15.2 Å². The fourth-order valence-electron chi connectivity index (χ4n) is 1.48. The second kappa shape index (κ2) is 7.71. The Labute approximate surface area is 110 Å². The van der Waals surface area contributed by atoms with Crippen LogP contribution in [-0.2, 0) is 9.53 Å². The van der Waals surface area contributed by atoms with E-state index in [4.69, 9.17) is 4.74 Å². The topological polar surface area (TPSA) is 61.8 Å². The van der Waals surface area contributed by atoms with Crippen LogP contribution in [0.2, 0.25) is 0 Å². The van der Waals surface area contributed by atoms with Crippen molar-refractivity contribution in [3.8, 4) is 0 Å². The van der Waals surface area contributed by atoms with E-state index in [9.17, 15) is 9.90 Å². The molecule has 0 saturated carbocycles. The van der Waals surface area contributed by atoms with Crippen LogP contribution in [-0.4, -0.2) is 60.4 Å². The van der Waals surface area contributed by atoms with E-state index in [0.717, 1.165) is 0 Å². The molecule has 0 fully saturated rings. The minimum absolute atomic E-state index is 0.0398. The summed E-state index contributed by atoms with van der Waals surface area (Å²) in [5, 5.41) is 12.6. The molecule has 0 aliphatic carbocycles. The molecule has 1 amide bonds. The van der Waals surface area contributed by atoms with Crippen LogP contribution < -0.4 is 5.32 Å². The van der Waals surface area contributed by atoms with Crippen molar-refractivity contribution in [1.82, 2.24) is 10.2 Å².